The SMILES string of the molecule is CC(CN1CCCCC1)NC1CCCSC1. The standard InChI is InChI=1S/C13H26N2S/c1-12(10-15-7-3-2-4-8-15)14-13-6-5-9-16-11-13/h12-14H,2-11H2,1H3. The van der Waals surface area contributed by atoms with Gasteiger partial charge in [-0.3, -0.25) is 0 Å². The number of nitrogens with zero attached hydrogens (tertiary/aromatic N) is 1. The quantitative estimate of drug-likeness (QED) is 0.815. The molecule has 2 fully saturated rings. The normalized spacial score (nSPS) is 30.2. The van der Waals surface area contributed by atoms with Gasteiger partial charge in [-0.05, 0) is 51.4 Å². The van der Waals surface area contributed by atoms with E-state index in [1.165, 1.54) is 63.2 Å². The average Bonchev–Trinajstić information content (AvgIpc) is 2.31. The Morgan fingerprint density at radius 3 is 2.75 bits per heavy atom. The summed E-state index contributed by atoms with van der Waals surface area (Å²) < 4.78 is 0. The fourth-order valence-electron chi connectivity index (χ4n) is 2.86. The minimum Gasteiger partial charge on any atom is -0.309 e. The number of thioether (sulfide) groups is 1. The van der Waals surface area contributed by atoms with Crippen LogP contribution in [-0.4, -0.2) is 48.1 Å². The second kappa shape index (κ2) is 6.87. The van der Waals surface area contributed by atoms with E-state index >= 15 is 0 Å². The van der Waals surface area contributed by atoms with Crippen molar-refractivity contribution in [3.8, 4) is 0 Å². The molecule has 0 saturated carbocycles. The minimum absolute atomic E-state index is 0.668. The van der Waals surface area contributed by atoms with Crippen molar-refractivity contribution in [2.45, 2.75) is 51.1 Å². The highest BCUT2D eigenvalue weighted by molar-refractivity contribution is 7.99. The number of nitrogens with one attached hydrogen (secondary N) is 1. The van der Waals surface area contributed by atoms with Crippen LogP contribution < -0.4 is 5.32 Å². The van der Waals surface area contributed by atoms with Crippen LogP contribution in [0.2, 0.25) is 0 Å². The van der Waals surface area contributed by atoms with E-state index in [2.05, 4.69) is 28.9 Å². The third kappa shape index (κ3) is 4.27. The Balaban J connectivity index is 1.64. The van der Waals surface area contributed by atoms with E-state index in [1.54, 1.807) is 0 Å². The van der Waals surface area contributed by atoms with E-state index in [1.807, 2.05) is 0 Å². The summed E-state index contributed by atoms with van der Waals surface area (Å²) >= 11 is 2.11. The molecule has 2 aliphatic rings. The van der Waals surface area contributed by atoms with E-state index in [4.69, 9.17) is 0 Å². The van der Waals surface area contributed by atoms with E-state index in [0.717, 1.165) is 6.04 Å². The molecule has 2 aliphatic heterocycles. The van der Waals surface area contributed by atoms with Gasteiger partial charge < -0.3 is 10.2 Å². The lowest BCUT2D eigenvalue weighted by molar-refractivity contribution is 0.204. The number of rotatable bonds is 4. The maximum atomic E-state index is 3.80. The molecule has 2 nitrogen and oxygen atoms in total. The molecule has 0 aliphatic carbocycles. The topological polar surface area (TPSA) is 15.3 Å². The number of hydrogen-bond donors (Lipinski definition) is 1. The van der Waals surface area contributed by atoms with Crippen LogP contribution in [-0.2, 0) is 0 Å². The first-order valence-corrected chi connectivity index (χ1v) is 8.06. The van der Waals surface area contributed by atoms with Crippen LogP contribution in [0.15, 0.2) is 0 Å². The molecule has 0 bridgehead atoms. The summed E-state index contributed by atoms with van der Waals surface area (Å²) in [6.45, 7) is 6.26. The first kappa shape index (κ1) is 12.7. The fourth-order valence-corrected chi connectivity index (χ4v) is 3.94. The number of hydrogen-bond acceptors (Lipinski definition) is 3. The maximum absolute atomic E-state index is 3.80. The molecule has 94 valence electrons. The number of piperidine rings is 1. The molecule has 2 rings (SSSR count). The Hall–Kier alpha value is 0.270. The monoisotopic (exact) mass is 242 g/mol. The largest absolute Gasteiger partial charge is 0.309 e. The van der Waals surface area contributed by atoms with Crippen LogP contribution in [0.4, 0.5) is 0 Å². The van der Waals surface area contributed by atoms with Crippen LogP contribution in [0.5, 0.6) is 0 Å². The molecule has 2 heterocycles. The molecule has 2 unspecified atom stereocenters. The predicted molar refractivity (Wildman–Crippen MR) is 73.2 cm³/mol. The molecule has 0 aromatic carbocycles. The molecule has 2 atom stereocenters. The Kier molecular flexibility index (Phi) is 5.46. The zero-order chi connectivity index (χ0) is 11.2. The Labute approximate surface area is 105 Å². The summed E-state index contributed by atoms with van der Waals surface area (Å²) in [5, 5.41) is 3.80. The van der Waals surface area contributed by atoms with Crippen LogP contribution in [0.3, 0.4) is 0 Å². The zero-order valence-corrected chi connectivity index (χ0v) is 11.4. The van der Waals surface area contributed by atoms with Gasteiger partial charge in [0.15, 0.2) is 0 Å². The van der Waals surface area contributed by atoms with Crippen molar-refractivity contribution in [1.82, 2.24) is 10.2 Å². The molecule has 0 aromatic heterocycles. The van der Waals surface area contributed by atoms with Gasteiger partial charge in [0, 0.05) is 24.4 Å². The molecule has 0 aromatic rings. The molecular weight excluding hydrogens is 216 g/mol. The summed E-state index contributed by atoms with van der Waals surface area (Å²) in [5.74, 6) is 2.70. The van der Waals surface area contributed by atoms with Crippen molar-refractivity contribution in [1.29, 1.82) is 0 Å². The molecule has 0 amide bonds. The Bertz CT molecular complexity index is 166. The van der Waals surface area contributed by atoms with Crippen molar-refractivity contribution >= 4 is 11.8 Å². The molecular formula is C13H26N2S. The second-order valence-electron chi connectivity index (χ2n) is 5.34. The van der Waals surface area contributed by atoms with Gasteiger partial charge in [0.05, 0.1) is 0 Å². The summed E-state index contributed by atoms with van der Waals surface area (Å²) in [5.41, 5.74) is 0. The molecule has 3 heteroatoms. The van der Waals surface area contributed by atoms with Crippen molar-refractivity contribution < 1.29 is 0 Å². The third-order valence-electron chi connectivity index (χ3n) is 3.66. The van der Waals surface area contributed by atoms with Gasteiger partial charge in [-0.25, -0.2) is 0 Å². The van der Waals surface area contributed by atoms with Crippen LogP contribution >= 0.6 is 11.8 Å². The molecule has 1 N–H and O–H groups in total. The highest BCUT2D eigenvalue weighted by atomic mass is 32.2. The van der Waals surface area contributed by atoms with Gasteiger partial charge in [0.2, 0.25) is 0 Å². The van der Waals surface area contributed by atoms with E-state index in [0.29, 0.717) is 6.04 Å². The van der Waals surface area contributed by atoms with Gasteiger partial charge in [-0.2, -0.15) is 11.8 Å². The second-order valence-corrected chi connectivity index (χ2v) is 6.49. The fraction of sp³-hybridized carbons (Fsp3) is 1.00. The highest BCUT2D eigenvalue weighted by Gasteiger charge is 2.18. The van der Waals surface area contributed by atoms with Crippen LogP contribution in [0.1, 0.15) is 39.0 Å². The van der Waals surface area contributed by atoms with Crippen molar-refractivity contribution in [2.24, 2.45) is 0 Å². The smallest absolute Gasteiger partial charge is 0.0169 e. The summed E-state index contributed by atoms with van der Waals surface area (Å²) in [6, 6.07) is 1.44. The molecule has 16 heavy (non-hydrogen) atoms. The van der Waals surface area contributed by atoms with Crippen LogP contribution in [0.25, 0.3) is 0 Å². The molecule has 0 spiro atoms. The minimum atomic E-state index is 0.668. The first-order valence-electron chi connectivity index (χ1n) is 6.91. The summed E-state index contributed by atoms with van der Waals surface area (Å²) in [6.07, 6.45) is 7.05. The van der Waals surface area contributed by atoms with E-state index in [9.17, 15) is 0 Å². The Morgan fingerprint density at radius 2 is 2.06 bits per heavy atom. The highest BCUT2D eigenvalue weighted by Crippen LogP contribution is 2.17. The van der Waals surface area contributed by atoms with Crippen molar-refractivity contribution in [2.75, 3.05) is 31.1 Å². The predicted octanol–water partition coefficient (Wildman–Crippen LogP) is 2.35. The summed E-state index contributed by atoms with van der Waals surface area (Å²) in [7, 11) is 0. The van der Waals surface area contributed by atoms with Gasteiger partial charge >= 0.3 is 0 Å². The van der Waals surface area contributed by atoms with Gasteiger partial charge in [-0.1, -0.05) is 6.42 Å². The Morgan fingerprint density at radius 1 is 1.25 bits per heavy atom. The van der Waals surface area contributed by atoms with E-state index < -0.39 is 0 Å². The van der Waals surface area contributed by atoms with Gasteiger partial charge in [-0.15, -0.1) is 0 Å². The van der Waals surface area contributed by atoms with E-state index in [-0.39, 0.29) is 0 Å². The maximum Gasteiger partial charge on any atom is 0.0169 e. The molecule has 2 saturated heterocycles. The van der Waals surface area contributed by atoms with Gasteiger partial charge in [0.25, 0.3) is 0 Å². The first-order chi connectivity index (χ1) is 7.84. The van der Waals surface area contributed by atoms with Gasteiger partial charge in [0.1, 0.15) is 0 Å². The van der Waals surface area contributed by atoms with Crippen molar-refractivity contribution in [3.05, 3.63) is 0 Å². The lowest BCUT2D eigenvalue weighted by Crippen LogP contribution is -2.46. The van der Waals surface area contributed by atoms with Crippen molar-refractivity contribution in [3.63, 3.8) is 0 Å². The zero-order valence-electron chi connectivity index (χ0n) is 10.6. The average molecular weight is 242 g/mol. The number of likely N-dealkylation sites (tertiary alicyclic amines) is 1. The third-order valence-corrected chi connectivity index (χ3v) is 4.88. The summed E-state index contributed by atoms with van der Waals surface area (Å²) in [4.78, 5) is 2.64. The molecule has 0 radical (unpaired) electrons. The lowest BCUT2D eigenvalue weighted by atomic mass is 10.1. The lowest BCUT2D eigenvalue weighted by Gasteiger charge is -2.32. The van der Waals surface area contributed by atoms with Crippen LogP contribution in [0, 0.1) is 0 Å².